The standard InChI is InChI=1S/C13H11F4NOS/c1-19-8-5-11(20-6-8)12(18)7-2-3-9(10(14)4-7)13(15,16)17/h2-6,12H,18H2,1H3. The molecule has 0 saturated carbocycles. The molecule has 20 heavy (non-hydrogen) atoms. The minimum atomic E-state index is -4.71. The van der Waals surface area contributed by atoms with Crippen molar-refractivity contribution in [2.24, 2.45) is 5.73 Å². The molecule has 0 aliphatic heterocycles. The van der Waals surface area contributed by atoms with Crippen LogP contribution in [0.2, 0.25) is 0 Å². The van der Waals surface area contributed by atoms with Crippen molar-refractivity contribution in [3.63, 3.8) is 0 Å². The third kappa shape index (κ3) is 2.94. The Hall–Kier alpha value is -1.60. The maximum absolute atomic E-state index is 13.5. The zero-order valence-electron chi connectivity index (χ0n) is 10.4. The maximum Gasteiger partial charge on any atom is 0.419 e. The molecule has 7 heteroatoms. The molecule has 1 aromatic heterocycles. The molecule has 2 aromatic rings. The molecule has 1 aromatic carbocycles. The van der Waals surface area contributed by atoms with Crippen LogP contribution in [0.4, 0.5) is 17.6 Å². The fourth-order valence-corrected chi connectivity index (χ4v) is 2.61. The summed E-state index contributed by atoms with van der Waals surface area (Å²) in [7, 11) is 1.50. The molecule has 2 N–H and O–H groups in total. The molecule has 0 bridgehead atoms. The second-order valence-electron chi connectivity index (χ2n) is 4.10. The average Bonchev–Trinajstić information content (AvgIpc) is 2.85. The Labute approximate surface area is 116 Å². The molecule has 2 nitrogen and oxygen atoms in total. The quantitative estimate of drug-likeness (QED) is 0.871. The van der Waals surface area contributed by atoms with Crippen molar-refractivity contribution in [2.45, 2.75) is 12.2 Å². The number of methoxy groups -OCH3 is 1. The van der Waals surface area contributed by atoms with E-state index >= 15 is 0 Å². The van der Waals surface area contributed by atoms with Crippen LogP contribution in [-0.4, -0.2) is 7.11 Å². The van der Waals surface area contributed by atoms with Gasteiger partial charge in [-0.1, -0.05) is 6.07 Å². The van der Waals surface area contributed by atoms with Gasteiger partial charge in [-0.3, -0.25) is 0 Å². The molecular weight excluding hydrogens is 294 g/mol. The summed E-state index contributed by atoms with van der Waals surface area (Å²) in [4.78, 5) is 0.681. The summed E-state index contributed by atoms with van der Waals surface area (Å²) in [6, 6.07) is 3.68. The molecule has 108 valence electrons. The molecule has 0 aliphatic rings. The van der Waals surface area contributed by atoms with Crippen LogP contribution in [0.5, 0.6) is 5.75 Å². The highest BCUT2D eigenvalue weighted by atomic mass is 32.1. The Kier molecular flexibility index (Phi) is 4.01. The van der Waals surface area contributed by atoms with Crippen LogP contribution in [0.1, 0.15) is 22.0 Å². The molecule has 1 atom stereocenters. The average molecular weight is 305 g/mol. The van der Waals surface area contributed by atoms with Gasteiger partial charge in [-0.2, -0.15) is 13.2 Å². The van der Waals surface area contributed by atoms with E-state index in [1.165, 1.54) is 24.5 Å². The van der Waals surface area contributed by atoms with Crippen LogP contribution in [0.3, 0.4) is 0 Å². The number of nitrogens with two attached hydrogens (primary N) is 1. The monoisotopic (exact) mass is 305 g/mol. The first-order chi connectivity index (χ1) is 9.32. The van der Waals surface area contributed by atoms with Gasteiger partial charge in [-0.25, -0.2) is 4.39 Å². The van der Waals surface area contributed by atoms with Gasteiger partial charge in [-0.05, 0) is 23.8 Å². The third-order valence-corrected chi connectivity index (χ3v) is 3.79. The Morgan fingerprint density at radius 2 is 1.95 bits per heavy atom. The number of hydrogen-bond donors (Lipinski definition) is 1. The Morgan fingerprint density at radius 3 is 2.45 bits per heavy atom. The summed E-state index contributed by atoms with van der Waals surface area (Å²) in [6.45, 7) is 0. The lowest BCUT2D eigenvalue weighted by Crippen LogP contribution is -2.13. The molecule has 0 spiro atoms. The number of halogens is 4. The first-order valence-electron chi connectivity index (χ1n) is 5.57. The summed E-state index contributed by atoms with van der Waals surface area (Å²) in [5, 5.41) is 1.72. The van der Waals surface area contributed by atoms with Crippen LogP contribution in [-0.2, 0) is 6.18 Å². The summed E-state index contributed by atoms with van der Waals surface area (Å²) >= 11 is 1.30. The molecule has 0 amide bonds. The van der Waals surface area contributed by atoms with Crippen LogP contribution in [0, 0.1) is 5.82 Å². The third-order valence-electron chi connectivity index (χ3n) is 2.80. The predicted molar refractivity (Wildman–Crippen MR) is 68.3 cm³/mol. The second-order valence-corrected chi connectivity index (χ2v) is 5.05. The first-order valence-corrected chi connectivity index (χ1v) is 6.45. The summed E-state index contributed by atoms with van der Waals surface area (Å²) in [6.07, 6.45) is -4.71. The van der Waals surface area contributed by atoms with E-state index in [4.69, 9.17) is 10.5 Å². The van der Waals surface area contributed by atoms with Crippen molar-refractivity contribution in [2.75, 3.05) is 7.11 Å². The number of ether oxygens (including phenoxy) is 1. The van der Waals surface area contributed by atoms with E-state index < -0.39 is 23.6 Å². The lowest BCUT2D eigenvalue weighted by molar-refractivity contribution is -0.140. The largest absolute Gasteiger partial charge is 0.496 e. The van der Waals surface area contributed by atoms with Gasteiger partial charge in [0.15, 0.2) is 0 Å². The predicted octanol–water partition coefficient (Wildman–Crippen LogP) is 3.96. The lowest BCUT2D eigenvalue weighted by atomic mass is 10.0. The molecule has 0 radical (unpaired) electrons. The van der Waals surface area contributed by atoms with Crippen LogP contribution in [0.15, 0.2) is 29.6 Å². The molecule has 1 heterocycles. The maximum atomic E-state index is 13.5. The van der Waals surface area contributed by atoms with Gasteiger partial charge in [0.2, 0.25) is 0 Å². The molecule has 2 rings (SSSR count). The molecular formula is C13H11F4NOS. The van der Waals surface area contributed by atoms with Gasteiger partial charge in [0, 0.05) is 10.3 Å². The molecule has 0 fully saturated rings. The van der Waals surface area contributed by atoms with Gasteiger partial charge in [0.05, 0.1) is 18.7 Å². The summed E-state index contributed by atoms with van der Waals surface area (Å²) in [5.74, 6) is -0.721. The van der Waals surface area contributed by atoms with E-state index in [0.29, 0.717) is 16.7 Å². The minimum absolute atomic E-state index is 0.278. The Morgan fingerprint density at radius 1 is 1.25 bits per heavy atom. The molecule has 0 saturated heterocycles. The van der Waals surface area contributed by atoms with Gasteiger partial charge >= 0.3 is 6.18 Å². The zero-order chi connectivity index (χ0) is 14.9. The zero-order valence-corrected chi connectivity index (χ0v) is 11.2. The van der Waals surface area contributed by atoms with Gasteiger partial charge in [0.1, 0.15) is 11.6 Å². The highest BCUT2D eigenvalue weighted by molar-refractivity contribution is 7.10. The molecule has 0 aliphatic carbocycles. The van der Waals surface area contributed by atoms with Gasteiger partial charge in [-0.15, -0.1) is 11.3 Å². The van der Waals surface area contributed by atoms with Gasteiger partial charge in [0.25, 0.3) is 0 Å². The number of thiophene rings is 1. The molecule has 1 unspecified atom stereocenters. The highest BCUT2D eigenvalue weighted by Gasteiger charge is 2.34. The Bertz CT molecular complexity index is 609. The first kappa shape index (κ1) is 14.8. The lowest BCUT2D eigenvalue weighted by Gasteiger charge is -2.13. The van der Waals surface area contributed by atoms with Crippen LogP contribution in [0.25, 0.3) is 0 Å². The normalized spacial score (nSPS) is 13.3. The fraction of sp³-hybridized carbons (Fsp3) is 0.231. The summed E-state index contributed by atoms with van der Waals surface area (Å²) < 4.78 is 55.9. The van der Waals surface area contributed by atoms with E-state index in [0.717, 1.165) is 6.07 Å². The Balaban J connectivity index is 2.31. The summed E-state index contributed by atoms with van der Waals surface area (Å²) in [5.41, 5.74) is 4.90. The van der Waals surface area contributed by atoms with Gasteiger partial charge < -0.3 is 10.5 Å². The van der Waals surface area contributed by atoms with E-state index in [-0.39, 0.29) is 5.56 Å². The second kappa shape index (κ2) is 5.41. The van der Waals surface area contributed by atoms with Crippen molar-refractivity contribution in [3.8, 4) is 5.75 Å². The number of hydrogen-bond acceptors (Lipinski definition) is 3. The highest BCUT2D eigenvalue weighted by Crippen LogP contribution is 2.34. The van der Waals surface area contributed by atoms with E-state index in [1.54, 1.807) is 11.4 Å². The smallest absolute Gasteiger partial charge is 0.419 e. The van der Waals surface area contributed by atoms with Crippen LogP contribution < -0.4 is 10.5 Å². The van der Waals surface area contributed by atoms with E-state index in [9.17, 15) is 17.6 Å². The van der Waals surface area contributed by atoms with E-state index in [1.807, 2.05) is 0 Å². The van der Waals surface area contributed by atoms with Crippen LogP contribution >= 0.6 is 11.3 Å². The SMILES string of the molecule is COc1csc(C(N)c2ccc(C(F)(F)F)c(F)c2)c1. The fourth-order valence-electron chi connectivity index (χ4n) is 1.72. The number of rotatable bonds is 3. The van der Waals surface area contributed by atoms with E-state index in [2.05, 4.69) is 0 Å². The number of benzene rings is 1. The van der Waals surface area contributed by atoms with Crippen molar-refractivity contribution in [1.82, 2.24) is 0 Å². The number of alkyl halides is 3. The van der Waals surface area contributed by atoms with Crippen molar-refractivity contribution >= 4 is 11.3 Å². The van der Waals surface area contributed by atoms with Crippen molar-refractivity contribution < 1.29 is 22.3 Å². The topological polar surface area (TPSA) is 35.2 Å². The van der Waals surface area contributed by atoms with Crippen molar-refractivity contribution in [3.05, 3.63) is 51.5 Å². The minimum Gasteiger partial charge on any atom is -0.496 e. The van der Waals surface area contributed by atoms with Crippen molar-refractivity contribution in [1.29, 1.82) is 0 Å².